The zero-order valence-corrected chi connectivity index (χ0v) is 12.3. The Kier molecular flexibility index (Phi) is 4.84. The molecular formula is C15H24N4O. The van der Waals surface area contributed by atoms with Gasteiger partial charge in [0, 0.05) is 43.6 Å². The van der Waals surface area contributed by atoms with E-state index in [0.29, 0.717) is 11.7 Å². The first kappa shape index (κ1) is 14.7. The van der Waals surface area contributed by atoms with E-state index in [1.54, 1.807) is 12.1 Å². The third-order valence-electron chi connectivity index (χ3n) is 3.95. The molecule has 1 unspecified atom stereocenters. The minimum absolute atomic E-state index is 0.0422. The first-order valence-electron chi connectivity index (χ1n) is 7.25. The van der Waals surface area contributed by atoms with E-state index in [1.165, 1.54) is 0 Å². The number of nitrogens with one attached hydrogen (secondary N) is 1. The molecule has 0 bridgehead atoms. The smallest absolute Gasteiger partial charge is 0.321 e. The van der Waals surface area contributed by atoms with Gasteiger partial charge in [-0.2, -0.15) is 0 Å². The molecule has 3 N–H and O–H groups in total. The molecule has 0 aromatic heterocycles. The fourth-order valence-corrected chi connectivity index (χ4v) is 2.44. The number of amides is 2. The van der Waals surface area contributed by atoms with Crippen molar-refractivity contribution in [2.24, 2.45) is 0 Å². The SMILES string of the molecule is CCC(C)N1CCN(C(=O)Nc2cccc(N)c2)CC1. The lowest BCUT2D eigenvalue weighted by Crippen LogP contribution is -2.52. The summed E-state index contributed by atoms with van der Waals surface area (Å²) >= 11 is 0. The Hall–Kier alpha value is -1.75. The van der Waals surface area contributed by atoms with E-state index in [4.69, 9.17) is 5.73 Å². The normalized spacial score (nSPS) is 17.8. The number of piperazine rings is 1. The summed E-state index contributed by atoms with van der Waals surface area (Å²) in [5, 5.41) is 2.90. The van der Waals surface area contributed by atoms with Crippen LogP contribution >= 0.6 is 0 Å². The van der Waals surface area contributed by atoms with Crippen molar-refractivity contribution in [3.63, 3.8) is 0 Å². The fourth-order valence-electron chi connectivity index (χ4n) is 2.44. The average Bonchev–Trinajstić information content (AvgIpc) is 2.46. The fraction of sp³-hybridized carbons (Fsp3) is 0.533. The van der Waals surface area contributed by atoms with Gasteiger partial charge in [-0.25, -0.2) is 4.79 Å². The summed E-state index contributed by atoms with van der Waals surface area (Å²) in [7, 11) is 0. The zero-order valence-electron chi connectivity index (χ0n) is 12.3. The maximum absolute atomic E-state index is 12.2. The minimum Gasteiger partial charge on any atom is -0.399 e. The maximum Gasteiger partial charge on any atom is 0.321 e. The Morgan fingerprint density at radius 2 is 2.05 bits per heavy atom. The maximum atomic E-state index is 12.2. The molecule has 1 aromatic rings. The summed E-state index contributed by atoms with van der Waals surface area (Å²) in [6, 6.07) is 7.82. The number of nitrogens with two attached hydrogens (primary N) is 1. The van der Waals surface area contributed by atoms with Gasteiger partial charge in [0.05, 0.1) is 0 Å². The van der Waals surface area contributed by atoms with Gasteiger partial charge in [0.25, 0.3) is 0 Å². The van der Waals surface area contributed by atoms with Crippen molar-refractivity contribution < 1.29 is 4.79 Å². The number of anilines is 2. The van der Waals surface area contributed by atoms with Crippen LogP contribution in [0.4, 0.5) is 16.2 Å². The van der Waals surface area contributed by atoms with Gasteiger partial charge in [-0.05, 0) is 31.5 Å². The number of nitrogens with zero attached hydrogens (tertiary/aromatic N) is 2. The van der Waals surface area contributed by atoms with Crippen molar-refractivity contribution in [2.75, 3.05) is 37.2 Å². The van der Waals surface area contributed by atoms with Crippen LogP contribution in [0.15, 0.2) is 24.3 Å². The summed E-state index contributed by atoms with van der Waals surface area (Å²) in [5.41, 5.74) is 7.11. The van der Waals surface area contributed by atoms with Gasteiger partial charge in [0.2, 0.25) is 0 Å². The molecule has 1 aromatic carbocycles. The standard InChI is InChI=1S/C15H24N4O/c1-3-12(2)18-7-9-19(10-8-18)15(20)17-14-6-4-5-13(16)11-14/h4-6,11-12H,3,7-10,16H2,1-2H3,(H,17,20). The predicted octanol–water partition coefficient (Wildman–Crippen LogP) is 2.22. The number of carbonyl (C=O) groups excluding carboxylic acids is 1. The number of hydrogen-bond acceptors (Lipinski definition) is 3. The molecular weight excluding hydrogens is 252 g/mol. The van der Waals surface area contributed by atoms with Gasteiger partial charge in [0.15, 0.2) is 0 Å². The van der Waals surface area contributed by atoms with Crippen molar-refractivity contribution in [3.8, 4) is 0 Å². The summed E-state index contributed by atoms with van der Waals surface area (Å²) < 4.78 is 0. The molecule has 20 heavy (non-hydrogen) atoms. The van der Waals surface area contributed by atoms with E-state index in [0.717, 1.165) is 38.3 Å². The van der Waals surface area contributed by atoms with Gasteiger partial charge in [-0.1, -0.05) is 13.0 Å². The molecule has 110 valence electrons. The quantitative estimate of drug-likeness (QED) is 0.832. The van der Waals surface area contributed by atoms with Crippen LogP contribution in [0, 0.1) is 0 Å². The third-order valence-corrected chi connectivity index (χ3v) is 3.95. The number of rotatable bonds is 3. The Labute approximate surface area is 120 Å². The number of benzene rings is 1. The van der Waals surface area contributed by atoms with Crippen molar-refractivity contribution in [1.29, 1.82) is 0 Å². The molecule has 0 spiro atoms. The largest absolute Gasteiger partial charge is 0.399 e. The van der Waals surface area contributed by atoms with Crippen LogP contribution in [0.1, 0.15) is 20.3 Å². The van der Waals surface area contributed by atoms with E-state index in [2.05, 4.69) is 24.1 Å². The molecule has 0 saturated carbocycles. The monoisotopic (exact) mass is 276 g/mol. The highest BCUT2D eigenvalue weighted by Gasteiger charge is 2.23. The number of urea groups is 1. The highest BCUT2D eigenvalue weighted by atomic mass is 16.2. The molecule has 2 rings (SSSR count). The van der Waals surface area contributed by atoms with Gasteiger partial charge in [-0.15, -0.1) is 0 Å². The van der Waals surface area contributed by atoms with Crippen LogP contribution in [0.3, 0.4) is 0 Å². The van der Waals surface area contributed by atoms with Crippen LogP contribution in [-0.4, -0.2) is 48.1 Å². The summed E-state index contributed by atoms with van der Waals surface area (Å²) in [6.45, 7) is 7.88. The third kappa shape index (κ3) is 3.63. The highest BCUT2D eigenvalue weighted by molar-refractivity contribution is 5.89. The first-order chi connectivity index (χ1) is 9.60. The second kappa shape index (κ2) is 6.61. The van der Waals surface area contributed by atoms with Crippen LogP contribution in [-0.2, 0) is 0 Å². The number of carbonyl (C=O) groups is 1. The lowest BCUT2D eigenvalue weighted by Gasteiger charge is -2.37. The lowest BCUT2D eigenvalue weighted by atomic mass is 10.2. The van der Waals surface area contributed by atoms with E-state index >= 15 is 0 Å². The minimum atomic E-state index is -0.0422. The summed E-state index contributed by atoms with van der Waals surface area (Å²) in [5.74, 6) is 0. The summed E-state index contributed by atoms with van der Waals surface area (Å²) in [6.07, 6.45) is 1.15. The van der Waals surface area contributed by atoms with E-state index < -0.39 is 0 Å². The van der Waals surface area contributed by atoms with Gasteiger partial charge in [0.1, 0.15) is 0 Å². The average molecular weight is 276 g/mol. The number of hydrogen-bond donors (Lipinski definition) is 2. The molecule has 0 aliphatic carbocycles. The van der Waals surface area contributed by atoms with Gasteiger partial charge >= 0.3 is 6.03 Å². The van der Waals surface area contributed by atoms with Crippen LogP contribution < -0.4 is 11.1 Å². The molecule has 1 saturated heterocycles. The molecule has 1 heterocycles. The van der Waals surface area contributed by atoms with Crippen molar-refractivity contribution in [2.45, 2.75) is 26.3 Å². The van der Waals surface area contributed by atoms with Gasteiger partial charge < -0.3 is 16.0 Å². The molecule has 0 radical (unpaired) electrons. The Morgan fingerprint density at radius 1 is 1.35 bits per heavy atom. The van der Waals surface area contributed by atoms with E-state index in [1.807, 2.05) is 17.0 Å². The van der Waals surface area contributed by atoms with Crippen LogP contribution in [0.25, 0.3) is 0 Å². The van der Waals surface area contributed by atoms with E-state index in [-0.39, 0.29) is 6.03 Å². The van der Waals surface area contributed by atoms with Crippen LogP contribution in [0.5, 0.6) is 0 Å². The topological polar surface area (TPSA) is 61.6 Å². The molecule has 1 fully saturated rings. The van der Waals surface area contributed by atoms with Crippen molar-refractivity contribution in [3.05, 3.63) is 24.3 Å². The Bertz CT molecular complexity index is 455. The molecule has 1 aliphatic heterocycles. The zero-order chi connectivity index (χ0) is 14.5. The predicted molar refractivity (Wildman–Crippen MR) is 82.8 cm³/mol. The Morgan fingerprint density at radius 3 is 2.65 bits per heavy atom. The highest BCUT2D eigenvalue weighted by Crippen LogP contribution is 2.14. The lowest BCUT2D eigenvalue weighted by molar-refractivity contribution is 0.117. The second-order valence-corrected chi connectivity index (χ2v) is 5.34. The molecule has 1 atom stereocenters. The molecule has 2 amide bonds. The number of nitrogen functional groups attached to an aromatic ring is 1. The summed E-state index contributed by atoms with van der Waals surface area (Å²) in [4.78, 5) is 16.5. The Balaban J connectivity index is 1.86. The second-order valence-electron chi connectivity index (χ2n) is 5.34. The first-order valence-corrected chi connectivity index (χ1v) is 7.25. The van der Waals surface area contributed by atoms with Crippen molar-refractivity contribution >= 4 is 17.4 Å². The molecule has 1 aliphatic rings. The van der Waals surface area contributed by atoms with Crippen LogP contribution in [0.2, 0.25) is 0 Å². The van der Waals surface area contributed by atoms with Gasteiger partial charge in [-0.3, -0.25) is 4.90 Å². The molecule has 5 heteroatoms. The van der Waals surface area contributed by atoms with E-state index in [9.17, 15) is 4.79 Å². The van der Waals surface area contributed by atoms with Crippen molar-refractivity contribution in [1.82, 2.24) is 9.80 Å². The molecule has 5 nitrogen and oxygen atoms in total.